The van der Waals surface area contributed by atoms with Crippen molar-refractivity contribution in [1.82, 2.24) is 14.5 Å². The van der Waals surface area contributed by atoms with Crippen LogP contribution in [0, 0.1) is 0 Å². The van der Waals surface area contributed by atoms with Crippen molar-refractivity contribution >= 4 is 77.3 Å². The van der Waals surface area contributed by atoms with Gasteiger partial charge in [0.2, 0.25) is 5.96 Å². The van der Waals surface area contributed by atoms with Gasteiger partial charge in [-0.1, -0.05) is 140 Å². The molecule has 0 radical (unpaired) electrons. The summed E-state index contributed by atoms with van der Waals surface area (Å²) in [5.41, 5.74) is 11.4. The van der Waals surface area contributed by atoms with Gasteiger partial charge in [0.05, 0.1) is 27.5 Å². The first-order chi connectivity index (χ1) is 28.3. The lowest BCUT2D eigenvalue weighted by atomic mass is 10.0. The highest BCUT2D eigenvalue weighted by Gasteiger charge is 2.27. The van der Waals surface area contributed by atoms with E-state index >= 15 is 0 Å². The Morgan fingerprint density at radius 1 is 0.439 bits per heavy atom. The fourth-order valence-electron chi connectivity index (χ4n) is 8.91. The average molecular weight is 732 g/mol. The van der Waals surface area contributed by atoms with Gasteiger partial charge in [-0.25, -0.2) is 9.98 Å². The SMILES string of the molecule is c1ccc(C2=NC(c3cccc4oc5ccc6c7ccccc7n(-c7cccc(-c8ccccc8)c7)c6c5c34)N=C(n3c4ccccc4c4ccccc43)N2)cc1. The summed E-state index contributed by atoms with van der Waals surface area (Å²) in [5.74, 6) is 1.47. The maximum atomic E-state index is 6.77. The van der Waals surface area contributed by atoms with Gasteiger partial charge < -0.3 is 14.3 Å². The zero-order valence-electron chi connectivity index (χ0n) is 30.7. The van der Waals surface area contributed by atoms with Gasteiger partial charge >= 0.3 is 0 Å². The molecule has 12 rings (SSSR count). The maximum absolute atomic E-state index is 6.77. The van der Waals surface area contributed by atoms with E-state index in [1.807, 2.05) is 18.2 Å². The third-order valence-electron chi connectivity index (χ3n) is 11.4. The summed E-state index contributed by atoms with van der Waals surface area (Å²) in [5, 5.41) is 10.4. The van der Waals surface area contributed by atoms with E-state index in [4.69, 9.17) is 14.4 Å². The molecule has 11 aromatic rings. The molecule has 0 fully saturated rings. The standard InChI is InChI=1S/C51H33N5O/c1-3-15-32(16-4-1)34-19-13-20-35(31-34)55-41-25-10-9-23-38(41)39-29-30-45-47(48(39)55)46-40(24-14-28-44(46)57-45)50-52-49(33-17-5-2-6-18-33)53-51(54-50)56-42-26-11-7-21-36(42)37-22-8-12-27-43(37)56/h1-31,50H,(H,52,53,54). The van der Waals surface area contributed by atoms with Crippen LogP contribution in [-0.2, 0) is 0 Å². The third kappa shape index (κ3) is 4.84. The van der Waals surface area contributed by atoms with Crippen LogP contribution in [0.4, 0.5) is 0 Å². The number of hydrogen-bond donors (Lipinski definition) is 1. The minimum absolute atomic E-state index is 0.574. The minimum Gasteiger partial charge on any atom is -0.456 e. The van der Waals surface area contributed by atoms with Crippen LogP contribution in [0.15, 0.2) is 202 Å². The number of nitrogens with one attached hydrogen (secondary N) is 1. The molecule has 3 aromatic heterocycles. The van der Waals surface area contributed by atoms with Gasteiger partial charge in [0.15, 0.2) is 6.17 Å². The molecule has 1 aliphatic heterocycles. The molecule has 1 unspecified atom stereocenters. The molecule has 0 bridgehead atoms. The Morgan fingerprint density at radius 3 is 1.74 bits per heavy atom. The number of aliphatic imine (C=N–C) groups is 2. The van der Waals surface area contributed by atoms with Crippen molar-refractivity contribution in [2.45, 2.75) is 6.17 Å². The zero-order valence-corrected chi connectivity index (χ0v) is 30.7. The highest BCUT2D eigenvalue weighted by atomic mass is 16.3. The van der Waals surface area contributed by atoms with Crippen molar-refractivity contribution in [3.8, 4) is 16.8 Å². The Labute approximate surface area is 327 Å². The minimum atomic E-state index is -0.574. The van der Waals surface area contributed by atoms with Crippen molar-refractivity contribution in [2.24, 2.45) is 9.98 Å². The predicted octanol–water partition coefficient (Wildman–Crippen LogP) is 12.4. The van der Waals surface area contributed by atoms with Crippen LogP contribution in [-0.4, -0.2) is 20.9 Å². The summed E-state index contributed by atoms with van der Waals surface area (Å²) >= 11 is 0. The van der Waals surface area contributed by atoms with Gasteiger partial charge in [0.1, 0.15) is 17.0 Å². The number of benzene rings is 8. The van der Waals surface area contributed by atoms with Crippen LogP contribution in [0.2, 0.25) is 0 Å². The second-order valence-electron chi connectivity index (χ2n) is 14.6. The highest BCUT2D eigenvalue weighted by Crippen LogP contribution is 2.44. The fraction of sp³-hybridized carbons (Fsp3) is 0.0196. The number of rotatable bonds is 4. The van der Waals surface area contributed by atoms with Crippen molar-refractivity contribution in [2.75, 3.05) is 0 Å². The van der Waals surface area contributed by atoms with Gasteiger partial charge in [-0.3, -0.25) is 4.57 Å². The van der Waals surface area contributed by atoms with E-state index in [1.165, 1.54) is 21.7 Å². The summed E-state index contributed by atoms with van der Waals surface area (Å²) in [4.78, 5) is 10.9. The van der Waals surface area contributed by atoms with Crippen molar-refractivity contribution in [3.05, 3.63) is 199 Å². The Bertz CT molecular complexity index is 3390. The Kier molecular flexibility index (Phi) is 6.89. The molecule has 0 aliphatic carbocycles. The van der Waals surface area contributed by atoms with E-state index in [9.17, 15) is 0 Å². The van der Waals surface area contributed by atoms with Gasteiger partial charge in [0, 0.05) is 43.7 Å². The maximum Gasteiger partial charge on any atom is 0.211 e. The number of furan rings is 1. The van der Waals surface area contributed by atoms with E-state index < -0.39 is 6.17 Å². The molecule has 0 spiro atoms. The van der Waals surface area contributed by atoms with Crippen LogP contribution >= 0.6 is 0 Å². The van der Waals surface area contributed by atoms with Crippen LogP contribution in [0.25, 0.3) is 82.4 Å². The molecule has 0 saturated carbocycles. The molecule has 1 aliphatic rings. The number of nitrogens with zero attached hydrogens (tertiary/aromatic N) is 4. The molecule has 1 atom stereocenters. The van der Waals surface area contributed by atoms with E-state index in [2.05, 4.69) is 184 Å². The first-order valence-corrected chi connectivity index (χ1v) is 19.3. The summed E-state index contributed by atoms with van der Waals surface area (Å²) in [7, 11) is 0. The molecule has 268 valence electrons. The topological polar surface area (TPSA) is 59.8 Å². The van der Waals surface area contributed by atoms with E-state index in [0.29, 0.717) is 5.96 Å². The lowest BCUT2D eigenvalue weighted by Gasteiger charge is -2.24. The largest absolute Gasteiger partial charge is 0.456 e. The molecule has 6 nitrogen and oxygen atoms in total. The number of aromatic nitrogens is 2. The molecule has 6 heteroatoms. The van der Waals surface area contributed by atoms with E-state index in [0.717, 1.165) is 77.6 Å². The molecule has 8 aromatic carbocycles. The smallest absolute Gasteiger partial charge is 0.211 e. The Balaban J connectivity index is 1.15. The normalized spacial score (nSPS) is 14.5. The first kappa shape index (κ1) is 31.6. The van der Waals surface area contributed by atoms with Crippen LogP contribution < -0.4 is 5.32 Å². The van der Waals surface area contributed by atoms with Gasteiger partial charge in [-0.15, -0.1) is 0 Å². The fourth-order valence-corrected chi connectivity index (χ4v) is 8.91. The average Bonchev–Trinajstić information content (AvgIpc) is 3.95. The molecular weight excluding hydrogens is 699 g/mol. The number of fused-ring (bicyclic) bond motifs is 10. The third-order valence-corrected chi connectivity index (χ3v) is 11.4. The van der Waals surface area contributed by atoms with Crippen molar-refractivity contribution < 1.29 is 4.42 Å². The lowest BCUT2D eigenvalue weighted by molar-refractivity contribution is 0.667. The Morgan fingerprint density at radius 2 is 1.02 bits per heavy atom. The van der Waals surface area contributed by atoms with E-state index in [-0.39, 0.29) is 0 Å². The van der Waals surface area contributed by atoms with E-state index in [1.54, 1.807) is 0 Å². The monoisotopic (exact) mass is 731 g/mol. The van der Waals surface area contributed by atoms with Crippen molar-refractivity contribution in [1.29, 1.82) is 0 Å². The second-order valence-corrected chi connectivity index (χ2v) is 14.6. The number of amidine groups is 1. The van der Waals surface area contributed by atoms with Crippen LogP contribution in [0.5, 0.6) is 0 Å². The molecule has 0 amide bonds. The molecule has 1 N–H and O–H groups in total. The molecule has 0 saturated heterocycles. The quantitative estimate of drug-likeness (QED) is 0.196. The predicted molar refractivity (Wildman–Crippen MR) is 235 cm³/mol. The summed E-state index contributed by atoms with van der Waals surface area (Å²) in [6.45, 7) is 0. The number of hydrogen-bond acceptors (Lipinski definition) is 4. The molecule has 57 heavy (non-hydrogen) atoms. The van der Waals surface area contributed by atoms with Gasteiger partial charge in [0.25, 0.3) is 0 Å². The molecular formula is C51H33N5O. The first-order valence-electron chi connectivity index (χ1n) is 19.3. The number of para-hydroxylation sites is 3. The highest BCUT2D eigenvalue weighted by molar-refractivity contribution is 6.25. The van der Waals surface area contributed by atoms with Crippen molar-refractivity contribution in [3.63, 3.8) is 0 Å². The van der Waals surface area contributed by atoms with Gasteiger partial charge in [-0.05, 0) is 59.7 Å². The summed E-state index contributed by atoms with van der Waals surface area (Å²) in [6, 6.07) is 66.0. The lowest BCUT2D eigenvalue weighted by Crippen LogP contribution is -2.39. The second kappa shape index (κ2) is 12.4. The Hall–Kier alpha value is -7.70. The zero-order chi connectivity index (χ0) is 37.5. The van der Waals surface area contributed by atoms with Gasteiger partial charge in [-0.2, -0.15) is 0 Å². The molecule has 4 heterocycles. The summed E-state index contributed by atoms with van der Waals surface area (Å²) in [6.07, 6.45) is -0.574. The van der Waals surface area contributed by atoms with Crippen LogP contribution in [0.3, 0.4) is 0 Å². The van der Waals surface area contributed by atoms with Crippen LogP contribution in [0.1, 0.15) is 17.3 Å². The summed E-state index contributed by atoms with van der Waals surface area (Å²) < 4.78 is 11.4.